The molecule has 0 amide bonds. The second-order valence-corrected chi connectivity index (χ2v) is 5.36. The van der Waals surface area contributed by atoms with Gasteiger partial charge in [-0.2, -0.15) is 0 Å². The van der Waals surface area contributed by atoms with Crippen LogP contribution in [0.3, 0.4) is 0 Å². The largest absolute Gasteiger partial charge is 0.393 e. The lowest BCUT2D eigenvalue weighted by Crippen LogP contribution is -2.29. The van der Waals surface area contributed by atoms with E-state index in [0.29, 0.717) is 18.2 Å². The molecule has 18 heavy (non-hydrogen) atoms. The number of rotatable bonds is 12. The molecule has 0 saturated heterocycles. The van der Waals surface area contributed by atoms with Crippen LogP contribution in [-0.2, 0) is 14.2 Å². The number of nitrogens with two attached hydrogens (primary N) is 1. The highest BCUT2D eigenvalue weighted by Crippen LogP contribution is 2.22. The molecular weight excluding hydrogens is 250 g/mol. The summed E-state index contributed by atoms with van der Waals surface area (Å²) < 4.78 is 15.7. The Labute approximate surface area is 116 Å². The summed E-state index contributed by atoms with van der Waals surface area (Å²) in [6.07, 6.45) is 2.87. The van der Waals surface area contributed by atoms with Gasteiger partial charge in [-0.25, -0.2) is 0 Å². The zero-order chi connectivity index (χ0) is 13.9. The number of methoxy groups -OCH3 is 1. The summed E-state index contributed by atoms with van der Waals surface area (Å²) in [7, 11) is 1.67. The third kappa shape index (κ3) is 9.76. The van der Waals surface area contributed by atoms with Crippen molar-refractivity contribution in [2.75, 3.05) is 40.1 Å². The van der Waals surface area contributed by atoms with Crippen molar-refractivity contribution in [3.8, 4) is 0 Å². The van der Waals surface area contributed by atoms with Gasteiger partial charge in [-0.1, -0.05) is 26.1 Å². The molecule has 0 aliphatic heterocycles. The molecular formula is C13H27NO3S. The van der Waals surface area contributed by atoms with Crippen LogP contribution in [0, 0.1) is 5.41 Å². The first-order valence-corrected chi connectivity index (χ1v) is 6.86. The molecule has 0 rings (SSSR count). The maximum atomic E-state index is 5.65. The smallest absolute Gasteiger partial charge is 0.0784 e. The third-order valence-electron chi connectivity index (χ3n) is 2.77. The number of hydrogen-bond acceptors (Lipinski definition) is 4. The van der Waals surface area contributed by atoms with Gasteiger partial charge in [0, 0.05) is 32.3 Å². The van der Waals surface area contributed by atoms with Gasteiger partial charge < -0.3 is 19.9 Å². The van der Waals surface area contributed by atoms with E-state index >= 15 is 0 Å². The average molecular weight is 277 g/mol. The summed E-state index contributed by atoms with van der Waals surface area (Å²) in [4.78, 5) is 0.578. The molecule has 0 aromatic carbocycles. The molecule has 4 nitrogen and oxygen atoms in total. The van der Waals surface area contributed by atoms with E-state index in [1.165, 1.54) is 0 Å². The highest BCUT2D eigenvalue weighted by Gasteiger charge is 2.20. The lowest BCUT2D eigenvalue weighted by atomic mass is 9.88. The molecule has 0 radical (unpaired) electrons. The Hall–Kier alpha value is -0.230. The van der Waals surface area contributed by atoms with Crippen LogP contribution in [0.25, 0.3) is 0 Å². The summed E-state index contributed by atoms with van der Waals surface area (Å²) in [5, 5.41) is 0. The standard InChI is InChI=1S/C13H27NO3S/c1-13(2,12(14)18)6-4-7-16-8-5-9-17-11-10-15-3/h4-11H2,1-3H3,(H2,14,18). The quantitative estimate of drug-likeness (QED) is 0.437. The number of thiocarbonyl (C=S) groups is 1. The average Bonchev–Trinajstić information content (AvgIpc) is 2.31. The summed E-state index contributed by atoms with van der Waals surface area (Å²) in [6, 6.07) is 0. The van der Waals surface area contributed by atoms with E-state index in [-0.39, 0.29) is 5.41 Å². The van der Waals surface area contributed by atoms with Crippen molar-refractivity contribution in [2.24, 2.45) is 11.1 Å². The van der Waals surface area contributed by atoms with Gasteiger partial charge in [0.25, 0.3) is 0 Å². The van der Waals surface area contributed by atoms with Crippen LogP contribution in [0.15, 0.2) is 0 Å². The monoisotopic (exact) mass is 277 g/mol. The fraction of sp³-hybridized carbons (Fsp3) is 0.923. The minimum Gasteiger partial charge on any atom is -0.393 e. The molecule has 5 heteroatoms. The Morgan fingerprint density at radius 3 is 2.11 bits per heavy atom. The van der Waals surface area contributed by atoms with Crippen molar-refractivity contribution in [3.05, 3.63) is 0 Å². The van der Waals surface area contributed by atoms with Gasteiger partial charge in [-0.3, -0.25) is 0 Å². The van der Waals surface area contributed by atoms with Gasteiger partial charge in [-0.05, 0) is 19.3 Å². The Bertz CT molecular complexity index is 222. The van der Waals surface area contributed by atoms with Crippen LogP contribution in [0.5, 0.6) is 0 Å². The summed E-state index contributed by atoms with van der Waals surface area (Å²) >= 11 is 5.01. The molecule has 0 unspecified atom stereocenters. The Morgan fingerprint density at radius 1 is 1.00 bits per heavy atom. The Kier molecular flexibility index (Phi) is 10.5. The lowest BCUT2D eigenvalue weighted by Gasteiger charge is -2.22. The van der Waals surface area contributed by atoms with E-state index in [1.54, 1.807) is 7.11 Å². The summed E-state index contributed by atoms with van der Waals surface area (Å²) in [6.45, 7) is 7.65. The maximum absolute atomic E-state index is 5.65. The minimum absolute atomic E-state index is 0.0675. The fourth-order valence-electron chi connectivity index (χ4n) is 1.35. The first-order valence-electron chi connectivity index (χ1n) is 6.45. The number of hydrogen-bond donors (Lipinski definition) is 1. The molecule has 0 atom stereocenters. The molecule has 0 aromatic rings. The molecule has 0 bridgehead atoms. The molecule has 0 aromatic heterocycles. The molecule has 108 valence electrons. The normalized spacial score (nSPS) is 11.7. The van der Waals surface area contributed by atoms with E-state index in [2.05, 4.69) is 13.8 Å². The first kappa shape index (κ1) is 17.8. The van der Waals surface area contributed by atoms with Crippen molar-refractivity contribution in [1.82, 2.24) is 0 Å². The van der Waals surface area contributed by atoms with Crippen molar-refractivity contribution < 1.29 is 14.2 Å². The zero-order valence-electron chi connectivity index (χ0n) is 11.9. The molecule has 2 N–H and O–H groups in total. The first-order chi connectivity index (χ1) is 8.50. The maximum Gasteiger partial charge on any atom is 0.0784 e. The highest BCUT2D eigenvalue weighted by atomic mass is 32.1. The zero-order valence-corrected chi connectivity index (χ0v) is 12.7. The van der Waals surface area contributed by atoms with E-state index in [0.717, 1.165) is 39.1 Å². The molecule has 0 heterocycles. The van der Waals surface area contributed by atoms with Crippen LogP contribution in [-0.4, -0.2) is 45.1 Å². The minimum atomic E-state index is -0.0675. The van der Waals surface area contributed by atoms with Crippen LogP contribution in [0.2, 0.25) is 0 Å². The summed E-state index contributed by atoms with van der Waals surface area (Å²) in [5.74, 6) is 0. The van der Waals surface area contributed by atoms with E-state index in [4.69, 9.17) is 32.2 Å². The van der Waals surface area contributed by atoms with Gasteiger partial charge in [0.2, 0.25) is 0 Å². The number of ether oxygens (including phenoxy) is 3. The van der Waals surface area contributed by atoms with Crippen LogP contribution in [0.4, 0.5) is 0 Å². The molecule has 0 fully saturated rings. The van der Waals surface area contributed by atoms with Gasteiger partial charge in [0.15, 0.2) is 0 Å². The predicted molar refractivity (Wildman–Crippen MR) is 77.9 cm³/mol. The second-order valence-electron chi connectivity index (χ2n) is 4.92. The van der Waals surface area contributed by atoms with E-state index < -0.39 is 0 Å². The molecule has 0 aliphatic rings. The van der Waals surface area contributed by atoms with Crippen LogP contribution in [0.1, 0.15) is 33.1 Å². The Balaban J connectivity index is 3.24. The second kappa shape index (κ2) is 10.7. The van der Waals surface area contributed by atoms with Crippen LogP contribution >= 0.6 is 12.2 Å². The van der Waals surface area contributed by atoms with Crippen molar-refractivity contribution in [1.29, 1.82) is 0 Å². The topological polar surface area (TPSA) is 53.7 Å². The van der Waals surface area contributed by atoms with Gasteiger partial charge >= 0.3 is 0 Å². The molecule has 0 saturated carbocycles. The van der Waals surface area contributed by atoms with Crippen molar-refractivity contribution in [2.45, 2.75) is 33.1 Å². The SMILES string of the molecule is COCCOCCCOCCCC(C)(C)C(N)=S. The Morgan fingerprint density at radius 2 is 1.56 bits per heavy atom. The lowest BCUT2D eigenvalue weighted by molar-refractivity contribution is 0.0503. The van der Waals surface area contributed by atoms with Crippen molar-refractivity contribution in [3.63, 3.8) is 0 Å². The van der Waals surface area contributed by atoms with E-state index in [1.807, 2.05) is 0 Å². The van der Waals surface area contributed by atoms with Gasteiger partial charge in [0.05, 0.1) is 18.2 Å². The molecule has 0 aliphatic carbocycles. The van der Waals surface area contributed by atoms with E-state index in [9.17, 15) is 0 Å². The van der Waals surface area contributed by atoms with Gasteiger partial charge in [0.1, 0.15) is 0 Å². The highest BCUT2D eigenvalue weighted by molar-refractivity contribution is 7.80. The fourth-order valence-corrected chi connectivity index (χ4v) is 1.45. The summed E-state index contributed by atoms with van der Waals surface area (Å²) in [5.41, 5.74) is 5.59. The van der Waals surface area contributed by atoms with Crippen molar-refractivity contribution >= 4 is 17.2 Å². The van der Waals surface area contributed by atoms with Crippen LogP contribution < -0.4 is 5.73 Å². The molecule has 0 spiro atoms. The third-order valence-corrected chi connectivity index (χ3v) is 3.32. The van der Waals surface area contributed by atoms with Gasteiger partial charge in [-0.15, -0.1) is 0 Å². The predicted octanol–water partition coefficient (Wildman–Crippen LogP) is 2.15.